The zero-order valence-corrected chi connectivity index (χ0v) is 18.1. The minimum atomic E-state index is -0.872. The Kier molecular flexibility index (Phi) is 7.21. The van der Waals surface area contributed by atoms with Gasteiger partial charge in [-0.2, -0.15) is 0 Å². The molecule has 0 bridgehead atoms. The van der Waals surface area contributed by atoms with Gasteiger partial charge in [0.2, 0.25) is 0 Å². The van der Waals surface area contributed by atoms with Crippen LogP contribution >= 0.6 is 11.6 Å². The lowest BCUT2D eigenvalue weighted by Gasteiger charge is -2.46. The van der Waals surface area contributed by atoms with Crippen molar-refractivity contribution in [2.24, 2.45) is 5.41 Å². The molecule has 3 rings (SSSR count). The van der Waals surface area contributed by atoms with Crippen molar-refractivity contribution in [1.29, 1.82) is 0 Å². The minimum absolute atomic E-state index is 0.0861. The second-order valence-electron chi connectivity index (χ2n) is 7.95. The van der Waals surface area contributed by atoms with Crippen LogP contribution in [0, 0.1) is 5.41 Å². The molecule has 0 aliphatic heterocycles. The molecule has 162 valence electrons. The molecule has 30 heavy (non-hydrogen) atoms. The summed E-state index contributed by atoms with van der Waals surface area (Å²) in [6.07, 6.45) is 7.53. The number of nitrogens with one attached hydrogen (secondary N) is 2. The molecule has 6 nitrogen and oxygen atoms in total. The van der Waals surface area contributed by atoms with E-state index in [0.717, 1.165) is 31.2 Å². The largest absolute Gasteiger partial charge is 0.507 e. The third-order valence-electron chi connectivity index (χ3n) is 6.18. The number of ether oxygens (including phenoxy) is 1. The van der Waals surface area contributed by atoms with Gasteiger partial charge in [-0.1, -0.05) is 43.2 Å². The van der Waals surface area contributed by atoms with Crippen LogP contribution in [0.5, 0.6) is 0 Å². The maximum Gasteiger partial charge on any atom is 0.328 e. The number of halogens is 1. The van der Waals surface area contributed by atoms with E-state index < -0.39 is 28.7 Å². The first-order chi connectivity index (χ1) is 14.4. The van der Waals surface area contributed by atoms with E-state index in [1.165, 1.54) is 7.11 Å². The number of rotatable bonds is 6. The van der Waals surface area contributed by atoms with Crippen molar-refractivity contribution >= 4 is 23.5 Å². The molecule has 1 aromatic rings. The zero-order chi connectivity index (χ0) is 21.7. The third kappa shape index (κ3) is 4.55. The number of carbonyl (C=O) groups is 2. The van der Waals surface area contributed by atoms with E-state index in [0.29, 0.717) is 0 Å². The molecular formula is C23H29ClN2O4. The first-order valence-corrected chi connectivity index (χ1v) is 10.7. The van der Waals surface area contributed by atoms with Crippen LogP contribution < -0.4 is 10.6 Å². The smallest absolute Gasteiger partial charge is 0.328 e. The van der Waals surface area contributed by atoms with Gasteiger partial charge in [0, 0.05) is 17.9 Å². The lowest BCUT2D eigenvalue weighted by Crippen LogP contribution is -2.51. The number of hydrogen-bond acceptors (Lipinski definition) is 5. The molecule has 1 aromatic carbocycles. The lowest BCUT2D eigenvalue weighted by molar-refractivity contribution is -0.144. The number of esters is 1. The molecule has 1 fully saturated rings. The number of allylic oxidation sites excluding steroid dienone is 1. The van der Waals surface area contributed by atoms with Crippen molar-refractivity contribution in [2.75, 3.05) is 14.2 Å². The standard InChI is InChI=1S/C23H29ClN2O4/c1-25-20-10-6-7-11-23(20)14-18(27)16(13-19(23)24)21(28)26-17(22(29)30-2)12-15-8-4-3-5-9-15/h3-5,8-9,13-14,17,19-20,25,27H,6-7,10-12H2,1-2H3,(H,26,28). The predicted octanol–water partition coefficient (Wildman–Crippen LogP) is 3.02. The Hall–Kier alpha value is -2.31. The van der Waals surface area contributed by atoms with Crippen molar-refractivity contribution < 1.29 is 19.4 Å². The van der Waals surface area contributed by atoms with Crippen LogP contribution in [-0.2, 0) is 20.7 Å². The number of hydrogen-bond donors (Lipinski definition) is 3. The fourth-order valence-corrected chi connectivity index (χ4v) is 5.00. The zero-order valence-electron chi connectivity index (χ0n) is 17.4. The molecule has 2 aliphatic carbocycles. The number of carbonyl (C=O) groups excluding carboxylic acids is 2. The van der Waals surface area contributed by atoms with Gasteiger partial charge in [0.15, 0.2) is 0 Å². The second-order valence-corrected chi connectivity index (χ2v) is 8.42. The molecule has 0 heterocycles. The Morgan fingerprint density at radius 3 is 2.70 bits per heavy atom. The van der Waals surface area contributed by atoms with E-state index in [2.05, 4.69) is 10.6 Å². The van der Waals surface area contributed by atoms with Crippen LogP contribution in [0.15, 0.2) is 53.8 Å². The Morgan fingerprint density at radius 2 is 2.03 bits per heavy atom. The molecule has 4 unspecified atom stereocenters. The van der Waals surface area contributed by atoms with Gasteiger partial charge in [-0.25, -0.2) is 4.79 Å². The topological polar surface area (TPSA) is 87.7 Å². The van der Waals surface area contributed by atoms with Crippen molar-refractivity contribution in [1.82, 2.24) is 10.6 Å². The van der Waals surface area contributed by atoms with Crippen molar-refractivity contribution in [2.45, 2.75) is 49.6 Å². The molecule has 1 amide bonds. The summed E-state index contributed by atoms with van der Waals surface area (Å²) in [4.78, 5) is 25.2. The molecule has 0 aromatic heterocycles. The first-order valence-electron chi connectivity index (χ1n) is 10.3. The van der Waals surface area contributed by atoms with Crippen LogP contribution in [0.3, 0.4) is 0 Å². The minimum Gasteiger partial charge on any atom is -0.507 e. The van der Waals surface area contributed by atoms with E-state index in [1.807, 2.05) is 37.4 Å². The van der Waals surface area contributed by atoms with Gasteiger partial charge in [0.25, 0.3) is 5.91 Å². The molecule has 2 aliphatic rings. The van der Waals surface area contributed by atoms with Gasteiger partial charge in [-0.05, 0) is 37.6 Å². The van der Waals surface area contributed by atoms with Crippen LogP contribution in [0.25, 0.3) is 0 Å². The molecule has 0 saturated heterocycles. The van der Waals surface area contributed by atoms with Gasteiger partial charge in [-0.15, -0.1) is 11.6 Å². The lowest BCUT2D eigenvalue weighted by atomic mass is 9.65. The molecule has 3 N–H and O–H groups in total. The molecule has 7 heteroatoms. The second kappa shape index (κ2) is 9.67. The molecule has 4 atom stereocenters. The first kappa shape index (κ1) is 22.4. The van der Waals surface area contributed by atoms with E-state index in [9.17, 15) is 14.7 Å². The summed E-state index contributed by atoms with van der Waals surface area (Å²) in [5, 5.41) is 16.3. The SMILES string of the molecule is CNC1CCCCC12C=C(O)C(C(=O)NC(Cc1ccccc1)C(=O)OC)=CC2Cl. The number of amides is 1. The molecule has 0 radical (unpaired) electrons. The summed E-state index contributed by atoms with van der Waals surface area (Å²) in [5.74, 6) is -1.20. The Morgan fingerprint density at radius 1 is 1.30 bits per heavy atom. The predicted molar refractivity (Wildman–Crippen MR) is 116 cm³/mol. The highest BCUT2D eigenvalue weighted by atomic mass is 35.5. The summed E-state index contributed by atoms with van der Waals surface area (Å²) in [7, 11) is 3.17. The van der Waals surface area contributed by atoms with Crippen LogP contribution in [-0.4, -0.2) is 48.6 Å². The highest BCUT2D eigenvalue weighted by Crippen LogP contribution is 2.47. The fourth-order valence-electron chi connectivity index (χ4n) is 4.55. The summed E-state index contributed by atoms with van der Waals surface area (Å²) < 4.78 is 4.85. The van der Waals surface area contributed by atoms with Gasteiger partial charge >= 0.3 is 5.97 Å². The maximum atomic E-state index is 12.9. The van der Waals surface area contributed by atoms with Gasteiger partial charge in [0.05, 0.1) is 18.1 Å². The number of aliphatic hydroxyl groups is 1. The Bertz CT molecular complexity index is 839. The van der Waals surface area contributed by atoms with Gasteiger partial charge < -0.3 is 20.5 Å². The average molecular weight is 433 g/mol. The fraction of sp³-hybridized carbons (Fsp3) is 0.478. The van der Waals surface area contributed by atoms with Crippen LogP contribution in [0.2, 0.25) is 0 Å². The van der Waals surface area contributed by atoms with E-state index in [-0.39, 0.29) is 23.8 Å². The van der Waals surface area contributed by atoms with E-state index >= 15 is 0 Å². The normalized spacial score (nSPS) is 27.0. The maximum absolute atomic E-state index is 12.9. The highest BCUT2D eigenvalue weighted by Gasteiger charge is 2.46. The summed E-state index contributed by atoms with van der Waals surface area (Å²) in [5.41, 5.74) is 0.538. The van der Waals surface area contributed by atoms with Crippen LogP contribution in [0.1, 0.15) is 31.2 Å². The van der Waals surface area contributed by atoms with Crippen molar-refractivity contribution in [3.63, 3.8) is 0 Å². The van der Waals surface area contributed by atoms with E-state index in [1.54, 1.807) is 12.2 Å². The van der Waals surface area contributed by atoms with Crippen molar-refractivity contribution in [3.8, 4) is 0 Å². The van der Waals surface area contributed by atoms with Gasteiger partial charge in [-0.3, -0.25) is 4.79 Å². The molecule has 1 spiro atoms. The Labute approximate surface area is 182 Å². The average Bonchev–Trinajstić information content (AvgIpc) is 2.76. The summed E-state index contributed by atoms with van der Waals surface area (Å²) in [6.45, 7) is 0. The van der Waals surface area contributed by atoms with Gasteiger partial charge in [0.1, 0.15) is 11.8 Å². The van der Waals surface area contributed by atoms with E-state index in [4.69, 9.17) is 16.3 Å². The molecule has 1 saturated carbocycles. The Balaban J connectivity index is 1.79. The number of aliphatic hydroxyl groups excluding tert-OH is 1. The molecular weight excluding hydrogens is 404 g/mol. The summed E-state index contributed by atoms with van der Waals surface area (Å²) >= 11 is 6.74. The number of alkyl halides is 1. The summed E-state index contributed by atoms with van der Waals surface area (Å²) in [6, 6.07) is 8.61. The highest BCUT2D eigenvalue weighted by molar-refractivity contribution is 6.23. The number of benzene rings is 1. The quantitative estimate of drug-likeness (QED) is 0.475. The van der Waals surface area contributed by atoms with Crippen LogP contribution in [0.4, 0.5) is 0 Å². The monoisotopic (exact) mass is 432 g/mol. The third-order valence-corrected chi connectivity index (χ3v) is 6.71. The van der Waals surface area contributed by atoms with Crippen molar-refractivity contribution in [3.05, 3.63) is 59.4 Å². The number of methoxy groups -OCH3 is 1.